The maximum Gasteiger partial charge on any atom is 0.268 e. The quantitative estimate of drug-likeness (QED) is 0.694. The molecular formula is C12H17NO3S. The molecule has 0 aliphatic carbocycles. The Bertz CT molecular complexity index is 442. The van der Waals surface area contributed by atoms with Gasteiger partial charge in [0.1, 0.15) is 0 Å². The fourth-order valence-electron chi connectivity index (χ4n) is 1.37. The minimum absolute atomic E-state index is 0.0393. The highest BCUT2D eigenvalue weighted by atomic mass is 32.2. The van der Waals surface area contributed by atoms with Crippen molar-refractivity contribution in [3.8, 4) is 0 Å². The third-order valence-electron chi connectivity index (χ3n) is 2.37. The zero-order chi connectivity index (χ0) is 12.7. The Balaban J connectivity index is 2.53. The largest absolute Gasteiger partial charge is 0.373 e. The molecule has 1 aromatic carbocycles. The van der Waals surface area contributed by atoms with Crippen molar-refractivity contribution >= 4 is 10.1 Å². The van der Waals surface area contributed by atoms with E-state index < -0.39 is 10.1 Å². The molecule has 0 bridgehead atoms. The fraction of sp³-hybridized carbons (Fsp3) is 0.333. The Morgan fingerprint density at radius 3 is 2.53 bits per heavy atom. The molecule has 0 saturated carbocycles. The first kappa shape index (κ1) is 13.7. The van der Waals surface area contributed by atoms with Crippen molar-refractivity contribution < 1.29 is 12.6 Å². The Morgan fingerprint density at radius 1 is 1.35 bits per heavy atom. The molecule has 0 fully saturated rings. The molecule has 5 heteroatoms. The van der Waals surface area contributed by atoms with Gasteiger partial charge in [0.15, 0.2) is 0 Å². The standard InChI is InChI=1S/C12H17NO3S/c1-3-13(9-10-17(14,15)16-2)11-12-7-5-4-6-8-12/h3-8H,1,9-11H2,2H3. The molecule has 0 aliphatic heterocycles. The predicted octanol–water partition coefficient (Wildman–Crippen LogP) is 1.61. The molecule has 0 aliphatic rings. The number of benzene rings is 1. The number of hydrogen-bond acceptors (Lipinski definition) is 4. The van der Waals surface area contributed by atoms with Gasteiger partial charge in [0, 0.05) is 13.1 Å². The van der Waals surface area contributed by atoms with Crippen molar-refractivity contribution in [1.29, 1.82) is 0 Å². The summed E-state index contributed by atoms with van der Waals surface area (Å²) in [5.41, 5.74) is 1.11. The summed E-state index contributed by atoms with van der Waals surface area (Å²) in [6.45, 7) is 4.69. The van der Waals surface area contributed by atoms with Crippen LogP contribution in [0.3, 0.4) is 0 Å². The van der Waals surface area contributed by atoms with Crippen molar-refractivity contribution in [2.24, 2.45) is 0 Å². The molecule has 0 unspecified atom stereocenters. The Hall–Kier alpha value is -1.33. The number of rotatable bonds is 7. The summed E-state index contributed by atoms with van der Waals surface area (Å²) in [5.74, 6) is -0.0393. The maximum absolute atomic E-state index is 11.2. The van der Waals surface area contributed by atoms with E-state index in [1.807, 2.05) is 35.2 Å². The van der Waals surface area contributed by atoms with Crippen LogP contribution in [0.4, 0.5) is 0 Å². The highest BCUT2D eigenvalue weighted by Crippen LogP contribution is 2.05. The van der Waals surface area contributed by atoms with Crippen molar-refractivity contribution in [1.82, 2.24) is 4.90 Å². The molecule has 0 saturated heterocycles. The fourth-order valence-corrected chi connectivity index (χ4v) is 1.99. The average molecular weight is 255 g/mol. The zero-order valence-electron chi connectivity index (χ0n) is 9.87. The van der Waals surface area contributed by atoms with E-state index in [9.17, 15) is 8.42 Å². The molecule has 4 nitrogen and oxygen atoms in total. The Kier molecular flexibility index (Phi) is 5.18. The summed E-state index contributed by atoms with van der Waals surface area (Å²) < 4.78 is 26.8. The van der Waals surface area contributed by atoms with Gasteiger partial charge >= 0.3 is 0 Å². The minimum Gasteiger partial charge on any atom is -0.373 e. The van der Waals surface area contributed by atoms with Gasteiger partial charge in [0.2, 0.25) is 0 Å². The van der Waals surface area contributed by atoms with Gasteiger partial charge in [-0.3, -0.25) is 4.18 Å². The van der Waals surface area contributed by atoms with Gasteiger partial charge in [-0.05, 0) is 11.8 Å². The van der Waals surface area contributed by atoms with Crippen LogP contribution in [-0.4, -0.2) is 32.7 Å². The van der Waals surface area contributed by atoms with Gasteiger partial charge in [-0.2, -0.15) is 8.42 Å². The molecule has 1 aromatic rings. The second kappa shape index (κ2) is 6.42. The topological polar surface area (TPSA) is 46.6 Å². The second-order valence-electron chi connectivity index (χ2n) is 3.57. The molecule has 0 spiro atoms. The molecule has 0 heterocycles. The predicted molar refractivity (Wildman–Crippen MR) is 67.8 cm³/mol. The van der Waals surface area contributed by atoms with E-state index in [1.165, 1.54) is 7.11 Å². The van der Waals surface area contributed by atoms with Gasteiger partial charge in [0.05, 0.1) is 12.9 Å². The Labute approximate surface area is 103 Å². The van der Waals surface area contributed by atoms with Crippen LogP contribution in [0.15, 0.2) is 43.1 Å². The molecule has 0 amide bonds. The summed E-state index contributed by atoms with van der Waals surface area (Å²) in [6.07, 6.45) is 1.64. The van der Waals surface area contributed by atoms with Gasteiger partial charge in [0.25, 0.3) is 10.1 Å². The summed E-state index contributed by atoms with van der Waals surface area (Å²) in [7, 11) is -2.23. The first-order chi connectivity index (χ1) is 8.07. The molecular weight excluding hydrogens is 238 g/mol. The van der Waals surface area contributed by atoms with E-state index in [0.29, 0.717) is 13.1 Å². The number of hydrogen-bond donors (Lipinski definition) is 0. The van der Waals surface area contributed by atoms with Crippen molar-refractivity contribution in [2.45, 2.75) is 6.54 Å². The van der Waals surface area contributed by atoms with E-state index in [0.717, 1.165) is 5.56 Å². The van der Waals surface area contributed by atoms with Gasteiger partial charge < -0.3 is 4.90 Å². The van der Waals surface area contributed by atoms with Gasteiger partial charge in [-0.25, -0.2) is 0 Å². The van der Waals surface area contributed by atoms with Gasteiger partial charge in [-0.15, -0.1) is 0 Å². The number of nitrogens with zero attached hydrogens (tertiary/aromatic N) is 1. The van der Waals surface area contributed by atoms with Crippen LogP contribution < -0.4 is 0 Å². The van der Waals surface area contributed by atoms with Crippen LogP contribution in [-0.2, 0) is 20.8 Å². The average Bonchev–Trinajstić information content (AvgIpc) is 2.35. The van der Waals surface area contributed by atoms with Crippen LogP contribution in [0, 0.1) is 0 Å². The molecule has 94 valence electrons. The summed E-state index contributed by atoms with van der Waals surface area (Å²) in [4.78, 5) is 1.84. The summed E-state index contributed by atoms with van der Waals surface area (Å²) >= 11 is 0. The van der Waals surface area contributed by atoms with Crippen LogP contribution in [0.5, 0.6) is 0 Å². The first-order valence-corrected chi connectivity index (χ1v) is 6.84. The van der Waals surface area contributed by atoms with E-state index in [2.05, 4.69) is 10.8 Å². The third kappa shape index (κ3) is 5.01. The van der Waals surface area contributed by atoms with Crippen molar-refractivity contribution in [2.75, 3.05) is 19.4 Å². The molecule has 1 rings (SSSR count). The lowest BCUT2D eigenvalue weighted by molar-refractivity contribution is 0.366. The highest BCUT2D eigenvalue weighted by Gasteiger charge is 2.10. The SMILES string of the molecule is C=CN(CCS(=O)(=O)OC)Cc1ccccc1. The van der Waals surface area contributed by atoms with E-state index in [-0.39, 0.29) is 5.75 Å². The van der Waals surface area contributed by atoms with Gasteiger partial charge in [-0.1, -0.05) is 36.9 Å². The van der Waals surface area contributed by atoms with Crippen molar-refractivity contribution in [3.63, 3.8) is 0 Å². The van der Waals surface area contributed by atoms with E-state index in [4.69, 9.17) is 0 Å². The highest BCUT2D eigenvalue weighted by molar-refractivity contribution is 7.86. The van der Waals surface area contributed by atoms with E-state index >= 15 is 0 Å². The molecule has 0 radical (unpaired) electrons. The normalized spacial score (nSPS) is 11.1. The van der Waals surface area contributed by atoms with Crippen molar-refractivity contribution in [3.05, 3.63) is 48.7 Å². The monoisotopic (exact) mass is 255 g/mol. The molecule has 0 N–H and O–H groups in total. The lowest BCUT2D eigenvalue weighted by atomic mass is 10.2. The second-order valence-corrected chi connectivity index (χ2v) is 5.42. The maximum atomic E-state index is 11.2. The van der Waals surface area contributed by atoms with Crippen LogP contribution >= 0.6 is 0 Å². The molecule has 17 heavy (non-hydrogen) atoms. The van der Waals surface area contributed by atoms with E-state index in [1.54, 1.807) is 6.20 Å². The zero-order valence-corrected chi connectivity index (χ0v) is 10.7. The van der Waals surface area contributed by atoms with Crippen LogP contribution in [0.25, 0.3) is 0 Å². The van der Waals surface area contributed by atoms with Crippen LogP contribution in [0.1, 0.15) is 5.56 Å². The molecule has 0 atom stereocenters. The Morgan fingerprint density at radius 2 is 2.00 bits per heavy atom. The third-order valence-corrected chi connectivity index (χ3v) is 3.56. The lowest BCUT2D eigenvalue weighted by Crippen LogP contribution is -2.24. The molecule has 0 aromatic heterocycles. The minimum atomic E-state index is -3.41. The summed E-state index contributed by atoms with van der Waals surface area (Å²) in [5, 5.41) is 0. The lowest BCUT2D eigenvalue weighted by Gasteiger charge is -2.19. The van der Waals surface area contributed by atoms with Crippen LogP contribution in [0.2, 0.25) is 0 Å². The smallest absolute Gasteiger partial charge is 0.268 e. The summed E-state index contributed by atoms with van der Waals surface area (Å²) in [6, 6.07) is 9.81. The first-order valence-electron chi connectivity index (χ1n) is 5.26.